The normalized spacial score (nSPS) is 21.9. The number of nitrogens with two attached hydrogens (primary N) is 1. The van der Waals surface area contributed by atoms with Gasteiger partial charge in [0.05, 0.1) is 24.5 Å². The number of anilines is 1. The molecule has 0 bridgehead atoms. The second-order valence-corrected chi connectivity index (χ2v) is 6.15. The van der Waals surface area contributed by atoms with Gasteiger partial charge in [0.2, 0.25) is 0 Å². The fraction of sp³-hybridized carbons (Fsp3) is 0.769. The summed E-state index contributed by atoms with van der Waals surface area (Å²) in [6.07, 6.45) is 5.46. The minimum absolute atomic E-state index is 0.369. The molecule has 0 spiro atoms. The Hall–Kier alpha value is -1.07. The lowest BCUT2D eigenvalue weighted by atomic mass is 9.84. The molecule has 0 amide bonds. The van der Waals surface area contributed by atoms with Gasteiger partial charge >= 0.3 is 0 Å². The van der Waals surface area contributed by atoms with Crippen LogP contribution in [0.2, 0.25) is 0 Å². The summed E-state index contributed by atoms with van der Waals surface area (Å²) < 4.78 is 1.70. The average molecular weight is 252 g/mol. The lowest BCUT2D eigenvalue weighted by molar-refractivity contribution is 0.0510. The molecule has 102 valence electrons. The summed E-state index contributed by atoms with van der Waals surface area (Å²) in [5.41, 5.74) is 6.61. The molecule has 1 saturated heterocycles. The number of nitrogens with zero attached hydrogens (tertiary/aromatic N) is 3. The average Bonchev–Trinajstić information content (AvgIpc) is 2.62. The fourth-order valence-electron chi connectivity index (χ4n) is 2.75. The van der Waals surface area contributed by atoms with Crippen LogP contribution >= 0.6 is 0 Å². The highest BCUT2D eigenvalue weighted by Crippen LogP contribution is 2.28. The molecule has 1 unspecified atom stereocenters. The Morgan fingerprint density at radius 3 is 2.89 bits per heavy atom. The van der Waals surface area contributed by atoms with Gasteiger partial charge in [-0.3, -0.25) is 4.68 Å². The van der Waals surface area contributed by atoms with Crippen LogP contribution in [0, 0.1) is 5.41 Å². The zero-order valence-electron chi connectivity index (χ0n) is 11.3. The van der Waals surface area contributed by atoms with Crippen molar-refractivity contribution in [2.75, 3.05) is 25.4 Å². The zero-order valence-corrected chi connectivity index (χ0v) is 11.3. The van der Waals surface area contributed by atoms with E-state index >= 15 is 0 Å². The van der Waals surface area contributed by atoms with Gasteiger partial charge in [-0.15, -0.1) is 0 Å². The van der Waals surface area contributed by atoms with Crippen molar-refractivity contribution in [2.45, 2.75) is 39.3 Å². The number of hydrogen-bond donors (Lipinski definition) is 2. The molecule has 18 heavy (non-hydrogen) atoms. The Morgan fingerprint density at radius 1 is 1.50 bits per heavy atom. The molecule has 1 aromatic heterocycles. The first-order valence-electron chi connectivity index (χ1n) is 6.63. The van der Waals surface area contributed by atoms with Gasteiger partial charge in [-0.1, -0.05) is 13.8 Å². The zero-order chi connectivity index (χ0) is 13.2. The highest BCUT2D eigenvalue weighted by Gasteiger charge is 2.27. The molecule has 1 aliphatic rings. The maximum absolute atomic E-state index is 10.1. The number of rotatable bonds is 4. The molecule has 0 saturated carbocycles. The van der Waals surface area contributed by atoms with E-state index in [1.54, 1.807) is 17.1 Å². The minimum atomic E-state index is -0.391. The Balaban J connectivity index is 1.82. The smallest absolute Gasteiger partial charge is 0.0862 e. The Morgan fingerprint density at radius 2 is 2.28 bits per heavy atom. The monoisotopic (exact) mass is 252 g/mol. The van der Waals surface area contributed by atoms with Crippen LogP contribution < -0.4 is 5.73 Å². The summed E-state index contributed by atoms with van der Waals surface area (Å²) in [7, 11) is 0. The van der Waals surface area contributed by atoms with Crippen molar-refractivity contribution in [3.63, 3.8) is 0 Å². The molecule has 0 radical (unpaired) electrons. The van der Waals surface area contributed by atoms with Gasteiger partial charge in [0, 0.05) is 19.3 Å². The van der Waals surface area contributed by atoms with Crippen LogP contribution in [0.1, 0.15) is 26.7 Å². The number of likely N-dealkylation sites (tertiary alicyclic amines) is 1. The highest BCUT2D eigenvalue weighted by molar-refractivity contribution is 5.30. The van der Waals surface area contributed by atoms with Gasteiger partial charge in [0.15, 0.2) is 0 Å². The first kappa shape index (κ1) is 13.4. The van der Waals surface area contributed by atoms with E-state index in [0.29, 0.717) is 24.2 Å². The van der Waals surface area contributed by atoms with E-state index in [-0.39, 0.29) is 0 Å². The summed E-state index contributed by atoms with van der Waals surface area (Å²) in [4.78, 5) is 2.35. The number of nitrogen functional groups attached to an aromatic ring is 1. The van der Waals surface area contributed by atoms with Crippen molar-refractivity contribution in [3.8, 4) is 0 Å². The van der Waals surface area contributed by atoms with E-state index in [1.807, 2.05) is 0 Å². The summed E-state index contributed by atoms with van der Waals surface area (Å²) in [5.74, 6) is 0. The summed E-state index contributed by atoms with van der Waals surface area (Å²) >= 11 is 0. The fourth-order valence-corrected chi connectivity index (χ4v) is 2.75. The number of piperidine rings is 1. The van der Waals surface area contributed by atoms with Crippen LogP contribution in [-0.4, -0.2) is 45.5 Å². The number of aromatic nitrogens is 2. The highest BCUT2D eigenvalue weighted by atomic mass is 16.3. The van der Waals surface area contributed by atoms with Gasteiger partial charge in [-0.05, 0) is 24.8 Å². The van der Waals surface area contributed by atoms with Gasteiger partial charge < -0.3 is 15.7 Å². The number of aliphatic hydroxyl groups is 1. The van der Waals surface area contributed by atoms with E-state index in [0.717, 1.165) is 13.1 Å². The van der Waals surface area contributed by atoms with Crippen molar-refractivity contribution >= 4 is 5.69 Å². The van der Waals surface area contributed by atoms with Crippen molar-refractivity contribution in [1.29, 1.82) is 0 Å². The molecule has 1 aromatic rings. The molecule has 0 aliphatic carbocycles. The number of aliphatic hydroxyl groups excluding tert-OH is 1. The minimum Gasteiger partial charge on any atom is -0.396 e. The summed E-state index contributed by atoms with van der Waals surface area (Å²) in [6, 6.07) is 0. The molecule has 2 rings (SSSR count). The van der Waals surface area contributed by atoms with Crippen LogP contribution in [0.15, 0.2) is 12.4 Å². The predicted molar refractivity (Wildman–Crippen MR) is 72.1 cm³/mol. The van der Waals surface area contributed by atoms with Crippen LogP contribution in [0.5, 0.6) is 0 Å². The van der Waals surface area contributed by atoms with Crippen molar-refractivity contribution in [2.24, 2.45) is 5.41 Å². The summed E-state index contributed by atoms with van der Waals surface area (Å²) in [5, 5.41) is 14.2. The quantitative estimate of drug-likeness (QED) is 0.837. The first-order valence-corrected chi connectivity index (χ1v) is 6.63. The lowest BCUT2D eigenvalue weighted by Crippen LogP contribution is -2.44. The van der Waals surface area contributed by atoms with E-state index < -0.39 is 6.10 Å². The van der Waals surface area contributed by atoms with Gasteiger partial charge in [-0.2, -0.15) is 5.10 Å². The molecule has 5 nitrogen and oxygen atoms in total. The van der Waals surface area contributed by atoms with Crippen molar-refractivity contribution in [1.82, 2.24) is 14.7 Å². The lowest BCUT2D eigenvalue weighted by Gasteiger charge is -2.38. The van der Waals surface area contributed by atoms with E-state index in [2.05, 4.69) is 23.8 Å². The van der Waals surface area contributed by atoms with E-state index in [9.17, 15) is 5.11 Å². The molecular formula is C13H24N4O. The van der Waals surface area contributed by atoms with Crippen molar-refractivity contribution in [3.05, 3.63) is 12.4 Å². The third-order valence-electron chi connectivity index (χ3n) is 3.50. The van der Waals surface area contributed by atoms with E-state index in [1.165, 1.54) is 12.8 Å². The second kappa shape index (κ2) is 5.28. The molecule has 5 heteroatoms. The largest absolute Gasteiger partial charge is 0.396 e. The molecule has 2 heterocycles. The Kier molecular flexibility index (Phi) is 3.92. The Bertz CT molecular complexity index is 388. The molecule has 1 aliphatic heterocycles. The third kappa shape index (κ3) is 3.71. The van der Waals surface area contributed by atoms with Crippen LogP contribution in [0.25, 0.3) is 0 Å². The molecule has 3 N–H and O–H groups in total. The third-order valence-corrected chi connectivity index (χ3v) is 3.50. The van der Waals surface area contributed by atoms with Gasteiger partial charge in [0.1, 0.15) is 0 Å². The molecule has 1 atom stereocenters. The predicted octanol–water partition coefficient (Wildman–Crippen LogP) is 0.948. The second-order valence-electron chi connectivity index (χ2n) is 6.15. The maximum atomic E-state index is 10.1. The first-order chi connectivity index (χ1) is 8.44. The maximum Gasteiger partial charge on any atom is 0.0862 e. The topological polar surface area (TPSA) is 67.3 Å². The standard InChI is InChI=1S/C13H24N4O/c1-13(2)4-3-5-16(10-13)8-12(18)9-17-7-11(14)6-15-17/h6-7,12,18H,3-5,8-10,14H2,1-2H3. The van der Waals surface area contributed by atoms with Crippen LogP contribution in [0.3, 0.4) is 0 Å². The molecule has 1 fully saturated rings. The van der Waals surface area contributed by atoms with Crippen molar-refractivity contribution < 1.29 is 5.11 Å². The number of β-amino-alcohol motifs (C(OH)–C–C–N with tert-alkyl or cyclic N) is 1. The molecular weight excluding hydrogens is 228 g/mol. The molecule has 0 aromatic carbocycles. The van der Waals surface area contributed by atoms with Gasteiger partial charge in [0.25, 0.3) is 0 Å². The number of hydrogen-bond acceptors (Lipinski definition) is 4. The van der Waals surface area contributed by atoms with Crippen LogP contribution in [-0.2, 0) is 6.54 Å². The SMILES string of the molecule is CC1(C)CCCN(CC(O)Cn2cc(N)cn2)C1. The van der Waals surface area contributed by atoms with E-state index in [4.69, 9.17) is 5.73 Å². The van der Waals surface area contributed by atoms with Gasteiger partial charge in [-0.25, -0.2) is 0 Å². The summed E-state index contributed by atoms with van der Waals surface area (Å²) in [6.45, 7) is 7.95. The Labute approximate surface area is 109 Å². The van der Waals surface area contributed by atoms with Crippen LogP contribution in [0.4, 0.5) is 5.69 Å².